The van der Waals surface area contributed by atoms with Crippen LogP contribution in [0, 0.1) is 0 Å². The van der Waals surface area contributed by atoms with Gasteiger partial charge in [0, 0.05) is 17.3 Å². The Hall–Kier alpha value is -1.42. The molecule has 1 aliphatic rings. The van der Waals surface area contributed by atoms with Crippen LogP contribution in [0.4, 0.5) is 0 Å². The fraction of sp³-hybridized carbons (Fsp3) is 0.231. The molecule has 4 heteroatoms. The first-order valence-electron chi connectivity index (χ1n) is 5.45. The SMILES string of the molecule is O=C1CCCc2oc3ccc(Br)cc3c(=O)c21. The van der Waals surface area contributed by atoms with E-state index < -0.39 is 0 Å². The summed E-state index contributed by atoms with van der Waals surface area (Å²) in [5.74, 6) is 0.447. The predicted octanol–water partition coefficient (Wildman–Crippen LogP) is 3.07. The largest absolute Gasteiger partial charge is 0.460 e. The van der Waals surface area contributed by atoms with Gasteiger partial charge in [-0.15, -0.1) is 0 Å². The van der Waals surface area contributed by atoms with Crippen LogP contribution in [0.2, 0.25) is 0 Å². The maximum Gasteiger partial charge on any atom is 0.203 e. The third-order valence-corrected chi connectivity index (χ3v) is 3.51. The van der Waals surface area contributed by atoms with Gasteiger partial charge in [0.05, 0.1) is 5.39 Å². The summed E-state index contributed by atoms with van der Waals surface area (Å²) in [4.78, 5) is 24.0. The van der Waals surface area contributed by atoms with E-state index in [2.05, 4.69) is 15.9 Å². The lowest BCUT2D eigenvalue weighted by atomic mass is 9.94. The summed E-state index contributed by atoms with van der Waals surface area (Å²) in [5, 5.41) is 0.466. The molecule has 1 aliphatic carbocycles. The molecule has 0 atom stereocenters. The van der Waals surface area contributed by atoms with Crippen molar-refractivity contribution in [3.05, 3.63) is 44.2 Å². The van der Waals surface area contributed by atoms with Crippen molar-refractivity contribution in [3.63, 3.8) is 0 Å². The number of rotatable bonds is 0. The summed E-state index contributed by atoms with van der Waals surface area (Å²) in [7, 11) is 0. The molecule has 0 unspecified atom stereocenters. The van der Waals surface area contributed by atoms with E-state index in [-0.39, 0.29) is 16.8 Å². The van der Waals surface area contributed by atoms with E-state index in [1.807, 2.05) is 6.07 Å². The lowest BCUT2D eigenvalue weighted by Gasteiger charge is -2.13. The van der Waals surface area contributed by atoms with E-state index in [9.17, 15) is 9.59 Å². The normalized spacial score (nSPS) is 15.0. The molecule has 17 heavy (non-hydrogen) atoms. The Morgan fingerprint density at radius 1 is 1.18 bits per heavy atom. The summed E-state index contributed by atoms with van der Waals surface area (Å²) in [6.45, 7) is 0. The van der Waals surface area contributed by atoms with Crippen molar-refractivity contribution in [1.82, 2.24) is 0 Å². The number of ketones is 1. The van der Waals surface area contributed by atoms with Crippen LogP contribution in [-0.4, -0.2) is 5.78 Å². The summed E-state index contributed by atoms with van der Waals surface area (Å²) in [6.07, 6.45) is 1.87. The van der Waals surface area contributed by atoms with Gasteiger partial charge < -0.3 is 4.42 Å². The molecular weight excluding hydrogens is 284 g/mol. The van der Waals surface area contributed by atoms with E-state index in [0.717, 1.165) is 10.9 Å². The molecule has 3 nitrogen and oxygen atoms in total. The fourth-order valence-electron chi connectivity index (χ4n) is 2.21. The lowest BCUT2D eigenvalue weighted by Crippen LogP contribution is -2.22. The first-order valence-corrected chi connectivity index (χ1v) is 6.24. The number of hydrogen-bond donors (Lipinski definition) is 0. The highest BCUT2D eigenvalue weighted by Crippen LogP contribution is 2.24. The molecule has 0 spiro atoms. The van der Waals surface area contributed by atoms with Gasteiger partial charge in [-0.1, -0.05) is 15.9 Å². The first-order chi connectivity index (χ1) is 8.16. The fourth-order valence-corrected chi connectivity index (χ4v) is 2.57. The predicted molar refractivity (Wildman–Crippen MR) is 67.5 cm³/mol. The van der Waals surface area contributed by atoms with E-state index in [0.29, 0.717) is 29.6 Å². The summed E-state index contributed by atoms with van der Waals surface area (Å²) in [6, 6.07) is 5.27. The van der Waals surface area contributed by atoms with Crippen molar-refractivity contribution in [2.75, 3.05) is 0 Å². The zero-order valence-corrected chi connectivity index (χ0v) is 10.5. The molecule has 1 aromatic heterocycles. The van der Waals surface area contributed by atoms with Gasteiger partial charge in [0.15, 0.2) is 5.78 Å². The average molecular weight is 293 g/mol. The van der Waals surface area contributed by atoms with Crippen LogP contribution in [0.5, 0.6) is 0 Å². The molecule has 0 saturated heterocycles. The summed E-state index contributed by atoms with van der Waals surface area (Å²) in [5.41, 5.74) is 0.598. The zero-order valence-electron chi connectivity index (χ0n) is 8.96. The Kier molecular flexibility index (Phi) is 2.40. The molecular formula is C13H9BrO3. The van der Waals surface area contributed by atoms with E-state index in [4.69, 9.17) is 4.42 Å². The number of carbonyl (C=O) groups excluding carboxylic acids is 1. The van der Waals surface area contributed by atoms with E-state index in [1.54, 1.807) is 12.1 Å². The number of fused-ring (bicyclic) bond motifs is 2. The molecule has 0 saturated carbocycles. The highest BCUT2D eigenvalue weighted by Gasteiger charge is 2.24. The monoisotopic (exact) mass is 292 g/mol. The minimum Gasteiger partial charge on any atom is -0.460 e. The van der Waals surface area contributed by atoms with Gasteiger partial charge in [0.2, 0.25) is 5.43 Å². The second kappa shape index (κ2) is 3.81. The van der Waals surface area contributed by atoms with Crippen molar-refractivity contribution < 1.29 is 9.21 Å². The Bertz CT molecular complexity index is 685. The van der Waals surface area contributed by atoms with Crippen molar-refractivity contribution in [3.8, 4) is 0 Å². The van der Waals surface area contributed by atoms with Crippen LogP contribution in [0.15, 0.2) is 31.9 Å². The molecule has 0 radical (unpaired) electrons. The minimum atomic E-state index is -0.202. The Morgan fingerprint density at radius 2 is 2.00 bits per heavy atom. The Labute approximate surface area is 106 Å². The van der Waals surface area contributed by atoms with Gasteiger partial charge in [0.1, 0.15) is 16.9 Å². The number of carbonyl (C=O) groups is 1. The summed E-state index contributed by atoms with van der Waals surface area (Å²) < 4.78 is 6.45. The van der Waals surface area contributed by atoms with Crippen LogP contribution in [-0.2, 0) is 6.42 Å². The van der Waals surface area contributed by atoms with Gasteiger partial charge in [0.25, 0.3) is 0 Å². The molecule has 0 amide bonds. The average Bonchev–Trinajstić information content (AvgIpc) is 2.30. The maximum atomic E-state index is 12.2. The van der Waals surface area contributed by atoms with Crippen molar-refractivity contribution in [2.24, 2.45) is 0 Å². The third kappa shape index (κ3) is 1.63. The molecule has 2 aromatic rings. The standard InChI is InChI=1S/C13H9BrO3/c14-7-4-5-10-8(6-7)13(16)12-9(15)2-1-3-11(12)17-10/h4-6H,1-3H2. The Morgan fingerprint density at radius 3 is 2.82 bits per heavy atom. The second-order valence-electron chi connectivity index (χ2n) is 4.15. The van der Waals surface area contributed by atoms with Crippen LogP contribution in [0.1, 0.15) is 29.0 Å². The molecule has 86 valence electrons. The molecule has 1 aromatic carbocycles. The van der Waals surface area contributed by atoms with Gasteiger partial charge in [-0.05, 0) is 24.6 Å². The first kappa shape index (κ1) is 10.7. The van der Waals surface area contributed by atoms with Gasteiger partial charge in [-0.25, -0.2) is 0 Å². The van der Waals surface area contributed by atoms with Gasteiger partial charge in [-0.3, -0.25) is 9.59 Å². The number of halogens is 1. The van der Waals surface area contributed by atoms with Gasteiger partial charge >= 0.3 is 0 Å². The molecule has 0 fully saturated rings. The lowest BCUT2D eigenvalue weighted by molar-refractivity contribution is 0.0966. The molecule has 3 rings (SSSR count). The van der Waals surface area contributed by atoms with E-state index in [1.165, 1.54) is 0 Å². The summed E-state index contributed by atoms with van der Waals surface area (Å²) >= 11 is 3.31. The number of Topliss-reactive ketones (excluding diaryl/α,β-unsaturated/α-hetero) is 1. The highest BCUT2D eigenvalue weighted by atomic mass is 79.9. The van der Waals surface area contributed by atoms with Crippen LogP contribution < -0.4 is 5.43 Å². The third-order valence-electron chi connectivity index (χ3n) is 3.01. The quantitative estimate of drug-likeness (QED) is 0.750. The van der Waals surface area contributed by atoms with Crippen LogP contribution in [0.3, 0.4) is 0 Å². The number of benzene rings is 1. The van der Waals surface area contributed by atoms with Crippen molar-refractivity contribution in [2.45, 2.75) is 19.3 Å². The smallest absolute Gasteiger partial charge is 0.203 e. The molecule has 0 N–H and O–H groups in total. The second-order valence-corrected chi connectivity index (χ2v) is 5.06. The van der Waals surface area contributed by atoms with Crippen molar-refractivity contribution in [1.29, 1.82) is 0 Å². The van der Waals surface area contributed by atoms with Crippen molar-refractivity contribution >= 4 is 32.7 Å². The highest BCUT2D eigenvalue weighted by molar-refractivity contribution is 9.10. The Balaban J connectivity index is 2.44. The minimum absolute atomic E-state index is 0.0955. The van der Waals surface area contributed by atoms with E-state index >= 15 is 0 Å². The topological polar surface area (TPSA) is 47.3 Å². The van der Waals surface area contributed by atoms with Gasteiger partial charge in [-0.2, -0.15) is 0 Å². The number of hydrogen-bond acceptors (Lipinski definition) is 3. The molecule has 0 aliphatic heterocycles. The zero-order chi connectivity index (χ0) is 12.0. The molecule has 1 heterocycles. The molecule has 0 bridgehead atoms. The maximum absolute atomic E-state index is 12.2. The van der Waals surface area contributed by atoms with Crippen LogP contribution in [0.25, 0.3) is 11.0 Å². The number of aryl methyl sites for hydroxylation is 1. The van der Waals surface area contributed by atoms with Crippen LogP contribution >= 0.6 is 15.9 Å².